The number of para-hydroxylation sites is 1. The predicted molar refractivity (Wildman–Crippen MR) is 97.9 cm³/mol. The van der Waals surface area contributed by atoms with Gasteiger partial charge in [-0.3, -0.25) is 4.79 Å². The standard InChI is InChI=1S/C21H27FN2O/c1-15-20(2,3)16-8-9-21(15,14-16)19(25)24-12-10-23(11-13-24)18-7-5-4-6-17(18)22/h4-7,16H,1,8-14H2,2-3H3. The summed E-state index contributed by atoms with van der Waals surface area (Å²) in [6.45, 7) is 11.5. The Balaban J connectivity index is 1.48. The van der Waals surface area contributed by atoms with E-state index in [0.29, 0.717) is 37.8 Å². The first-order valence-corrected chi connectivity index (χ1v) is 9.35. The summed E-state index contributed by atoms with van der Waals surface area (Å²) in [4.78, 5) is 17.4. The lowest BCUT2D eigenvalue weighted by atomic mass is 9.68. The van der Waals surface area contributed by atoms with E-state index in [0.717, 1.165) is 24.8 Å². The minimum atomic E-state index is -0.339. The van der Waals surface area contributed by atoms with Gasteiger partial charge in [-0.05, 0) is 42.7 Å². The molecule has 25 heavy (non-hydrogen) atoms. The van der Waals surface area contributed by atoms with Gasteiger partial charge in [0.05, 0.1) is 11.1 Å². The van der Waals surface area contributed by atoms with Crippen LogP contribution in [-0.2, 0) is 4.79 Å². The van der Waals surface area contributed by atoms with E-state index in [4.69, 9.17) is 0 Å². The van der Waals surface area contributed by atoms with Crippen LogP contribution in [0.25, 0.3) is 0 Å². The summed E-state index contributed by atoms with van der Waals surface area (Å²) in [7, 11) is 0. The zero-order chi connectivity index (χ0) is 17.8. The molecule has 0 radical (unpaired) electrons. The SMILES string of the molecule is C=C1C2(C(=O)N3CCN(c4ccccc4F)CC3)CCC(C2)C1(C)C. The van der Waals surface area contributed by atoms with E-state index in [1.807, 2.05) is 21.9 Å². The second kappa shape index (κ2) is 5.58. The molecule has 2 atom stereocenters. The highest BCUT2D eigenvalue weighted by atomic mass is 19.1. The smallest absolute Gasteiger partial charge is 0.233 e. The fourth-order valence-corrected chi connectivity index (χ4v) is 5.28. The number of hydrogen-bond acceptors (Lipinski definition) is 2. The van der Waals surface area contributed by atoms with Crippen molar-refractivity contribution in [1.82, 2.24) is 4.90 Å². The molecule has 4 rings (SSSR count). The second-order valence-electron chi connectivity index (χ2n) is 8.45. The Labute approximate surface area is 149 Å². The van der Waals surface area contributed by atoms with E-state index < -0.39 is 0 Å². The summed E-state index contributed by atoms with van der Waals surface area (Å²) in [5, 5.41) is 0. The van der Waals surface area contributed by atoms with Crippen molar-refractivity contribution in [1.29, 1.82) is 0 Å². The number of hydrogen-bond donors (Lipinski definition) is 0. The number of anilines is 1. The van der Waals surface area contributed by atoms with Gasteiger partial charge in [0.1, 0.15) is 5.82 Å². The van der Waals surface area contributed by atoms with Gasteiger partial charge < -0.3 is 9.80 Å². The largest absolute Gasteiger partial charge is 0.366 e. The highest BCUT2D eigenvalue weighted by Gasteiger charge is 2.61. The topological polar surface area (TPSA) is 23.6 Å². The van der Waals surface area contributed by atoms with Gasteiger partial charge in [0.25, 0.3) is 0 Å². The highest BCUT2D eigenvalue weighted by Crippen LogP contribution is 2.65. The molecule has 3 nitrogen and oxygen atoms in total. The maximum Gasteiger partial charge on any atom is 0.233 e. The minimum absolute atomic E-state index is 0.0723. The lowest BCUT2D eigenvalue weighted by molar-refractivity contribution is -0.140. The summed E-state index contributed by atoms with van der Waals surface area (Å²) >= 11 is 0. The summed E-state index contributed by atoms with van der Waals surface area (Å²) in [5.41, 5.74) is 1.51. The van der Waals surface area contributed by atoms with Crippen molar-refractivity contribution in [2.24, 2.45) is 16.7 Å². The average molecular weight is 342 g/mol. The lowest BCUT2D eigenvalue weighted by Crippen LogP contribution is -2.53. The predicted octanol–water partition coefficient (Wildman–Crippen LogP) is 3.86. The van der Waals surface area contributed by atoms with Crippen LogP contribution < -0.4 is 4.90 Å². The molecule has 0 aromatic heterocycles. The molecule has 2 saturated carbocycles. The maximum absolute atomic E-state index is 14.0. The number of rotatable bonds is 2. The number of carbonyl (C=O) groups excluding carboxylic acids is 1. The highest BCUT2D eigenvalue weighted by molar-refractivity contribution is 5.88. The lowest BCUT2D eigenvalue weighted by Gasteiger charge is -2.42. The number of benzene rings is 1. The Morgan fingerprint density at radius 2 is 1.88 bits per heavy atom. The molecule has 1 heterocycles. The van der Waals surface area contributed by atoms with Crippen molar-refractivity contribution in [3.05, 3.63) is 42.2 Å². The van der Waals surface area contributed by atoms with Gasteiger partial charge in [-0.2, -0.15) is 0 Å². The van der Waals surface area contributed by atoms with E-state index in [1.165, 1.54) is 6.07 Å². The molecule has 1 aliphatic heterocycles. The zero-order valence-corrected chi connectivity index (χ0v) is 15.2. The van der Waals surface area contributed by atoms with Gasteiger partial charge in [0, 0.05) is 26.2 Å². The van der Waals surface area contributed by atoms with Gasteiger partial charge in [-0.1, -0.05) is 38.1 Å². The van der Waals surface area contributed by atoms with Crippen molar-refractivity contribution >= 4 is 11.6 Å². The summed E-state index contributed by atoms with van der Waals surface area (Å²) in [6.07, 6.45) is 3.05. The molecule has 0 N–H and O–H groups in total. The number of nitrogens with zero attached hydrogens (tertiary/aromatic N) is 2. The molecule has 1 aromatic carbocycles. The van der Waals surface area contributed by atoms with E-state index >= 15 is 0 Å². The van der Waals surface area contributed by atoms with Gasteiger partial charge in [0.15, 0.2) is 0 Å². The molecule has 4 heteroatoms. The number of piperazine rings is 1. The van der Waals surface area contributed by atoms with Crippen LogP contribution in [0.4, 0.5) is 10.1 Å². The van der Waals surface area contributed by atoms with Crippen LogP contribution in [0.5, 0.6) is 0 Å². The summed E-state index contributed by atoms with van der Waals surface area (Å²) < 4.78 is 14.0. The van der Waals surface area contributed by atoms with Crippen molar-refractivity contribution in [3.63, 3.8) is 0 Å². The minimum Gasteiger partial charge on any atom is -0.366 e. The first-order valence-electron chi connectivity index (χ1n) is 9.35. The normalized spacial score (nSPS) is 30.8. The van der Waals surface area contributed by atoms with E-state index in [-0.39, 0.29) is 22.6 Å². The Morgan fingerprint density at radius 1 is 1.20 bits per heavy atom. The number of carbonyl (C=O) groups is 1. The molecule has 134 valence electrons. The van der Waals surface area contributed by atoms with Gasteiger partial charge in [-0.25, -0.2) is 4.39 Å². The molecule has 3 aliphatic rings. The van der Waals surface area contributed by atoms with Crippen LogP contribution in [-0.4, -0.2) is 37.0 Å². The molecule has 3 fully saturated rings. The third-order valence-corrected chi connectivity index (χ3v) is 7.06. The monoisotopic (exact) mass is 342 g/mol. The molecular formula is C21H27FN2O. The van der Waals surface area contributed by atoms with Crippen LogP contribution in [0.1, 0.15) is 33.1 Å². The summed E-state index contributed by atoms with van der Waals surface area (Å²) in [6, 6.07) is 6.88. The number of fused-ring (bicyclic) bond motifs is 2. The molecule has 1 saturated heterocycles. The fraction of sp³-hybridized carbons (Fsp3) is 0.571. The molecule has 2 unspecified atom stereocenters. The molecule has 1 amide bonds. The third kappa shape index (κ3) is 2.33. The average Bonchev–Trinajstić information content (AvgIpc) is 3.14. The summed E-state index contributed by atoms with van der Waals surface area (Å²) in [5.74, 6) is 0.660. The van der Waals surface area contributed by atoms with Crippen LogP contribution in [0, 0.1) is 22.6 Å². The molecular weight excluding hydrogens is 315 g/mol. The van der Waals surface area contributed by atoms with Gasteiger partial charge >= 0.3 is 0 Å². The molecule has 2 bridgehead atoms. The fourth-order valence-electron chi connectivity index (χ4n) is 5.28. The van der Waals surface area contributed by atoms with E-state index in [1.54, 1.807) is 6.07 Å². The quantitative estimate of drug-likeness (QED) is 0.762. The van der Waals surface area contributed by atoms with Crippen LogP contribution in [0.15, 0.2) is 36.4 Å². The van der Waals surface area contributed by atoms with E-state index in [9.17, 15) is 9.18 Å². The Bertz CT molecular complexity index is 720. The third-order valence-electron chi connectivity index (χ3n) is 7.06. The zero-order valence-electron chi connectivity index (χ0n) is 15.2. The van der Waals surface area contributed by atoms with Crippen molar-refractivity contribution < 1.29 is 9.18 Å². The van der Waals surface area contributed by atoms with Crippen LogP contribution in [0.2, 0.25) is 0 Å². The molecule has 2 aliphatic carbocycles. The Kier molecular flexibility index (Phi) is 3.71. The van der Waals surface area contributed by atoms with Gasteiger partial charge in [0.2, 0.25) is 5.91 Å². The van der Waals surface area contributed by atoms with Crippen molar-refractivity contribution in [3.8, 4) is 0 Å². The van der Waals surface area contributed by atoms with Crippen molar-refractivity contribution in [2.75, 3.05) is 31.1 Å². The van der Waals surface area contributed by atoms with Crippen molar-refractivity contribution in [2.45, 2.75) is 33.1 Å². The van der Waals surface area contributed by atoms with Crippen LogP contribution in [0.3, 0.4) is 0 Å². The Hall–Kier alpha value is -1.84. The Morgan fingerprint density at radius 3 is 2.48 bits per heavy atom. The first-order chi connectivity index (χ1) is 11.9. The first kappa shape index (κ1) is 16.6. The van der Waals surface area contributed by atoms with Crippen LogP contribution >= 0.6 is 0 Å². The molecule has 0 spiro atoms. The van der Waals surface area contributed by atoms with E-state index in [2.05, 4.69) is 20.4 Å². The maximum atomic E-state index is 14.0. The second-order valence-corrected chi connectivity index (χ2v) is 8.45. The number of amides is 1. The number of halogens is 1. The molecule has 1 aromatic rings. The van der Waals surface area contributed by atoms with Gasteiger partial charge in [-0.15, -0.1) is 0 Å².